The Morgan fingerprint density at radius 3 is 2.77 bits per heavy atom. The number of imidazole rings is 1. The van der Waals surface area contributed by atoms with E-state index in [0.29, 0.717) is 13.1 Å². The van der Waals surface area contributed by atoms with Crippen LogP contribution in [0.3, 0.4) is 0 Å². The minimum Gasteiger partial charge on any atom is -0.376 e. The maximum absolute atomic E-state index is 13.2. The van der Waals surface area contributed by atoms with Crippen molar-refractivity contribution >= 4 is 22.2 Å². The van der Waals surface area contributed by atoms with Crippen LogP contribution in [0.15, 0.2) is 35.8 Å². The first-order valence-electron chi connectivity index (χ1n) is 10.4. The van der Waals surface area contributed by atoms with Crippen LogP contribution in [-0.2, 0) is 16.0 Å². The number of aromatic nitrogens is 2. The van der Waals surface area contributed by atoms with Crippen molar-refractivity contribution in [1.29, 1.82) is 0 Å². The number of nitrogens with zero attached hydrogens (tertiary/aromatic N) is 3. The molecule has 0 spiro atoms. The van der Waals surface area contributed by atoms with Crippen LogP contribution in [0.2, 0.25) is 0 Å². The summed E-state index contributed by atoms with van der Waals surface area (Å²) in [6.07, 6.45) is 4.95. The zero-order valence-electron chi connectivity index (χ0n) is 17.7. The van der Waals surface area contributed by atoms with Crippen molar-refractivity contribution in [3.05, 3.63) is 47.4 Å². The molecular formula is C23H28FN3O2S. The molecule has 0 radical (unpaired) electrons. The number of hydrogen-bond acceptors (Lipinski definition) is 4. The molecule has 1 unspecified atom stereocenters. The summed E-state index contributed by atoms with van der Waals surface area (Å²) in [6, 6.07) is 6.38. The fourth-order valence-corrected chi connectivity index (χ4v) is 4.71. The lowest BCUT2D eigenvalue weighted by atomic mass is 9.94. The molecule has 160 valence electrons. The molecule has 1 aliphatic heterocycles. The Hall–Kier alpha value is -2.25. The second kappa shape index (κ2) is 8.47. The van der Waals surface area contributed by atoms with E-state index in [1.54, 1.807) is 23.5 Å². The van der Waals surface area contributed by atoms with E-state index >= 15 is 0 Å². The van der Waals surface area contributed by atoms with Crippen molar-refractivity contribution in [2.45, 2.75) is 46.1 Å². The molecule has 1 atom stereocenters. The fourth-order valence-electron chi connectivity index (χ4n) is 3.80. The predicted molar refractivity (Wildman–Crippen MR) is 117 cm³/mol. The molecule has 1 aliphatic rings. The summed E-state index contributed by atoms with van der Waals surface area (Å²) in [7, 11) is 0. The number of carbonyl (C=O) groups is 1. The summed E-state index contributed by atoms with van der Waals surface area (Å²) >= 11 is 1.58. The number of carbonyl (C=O) groups excluding carboxylic acids is 1. The minimum absolute atomic E-state index is 0.136. The second-order valence-electron chi connectivity index (χ2n) is 8.90. The number of thiazole rings is 1. The molecule has 2 aromatic heterocycles. The van der Waals surface area contributed by atoms with Gasteiger partial charge in [0.2, 0.25) is 5.91 Å². The zero-order valence-corrected chi connectivity index (χ0v) is 18.5. The maximum Gasteiger partial charge on any atom is 0.228 e. The molecule has 1 saturated heterocycles. The van der Waals surface area contributed by atoms with Gasteiger partial charge in [-0.1, -0.05) is 20.8 Å². The van der Waals surface area contributed by atoms with Gasteiger partial charge < -0.3 is 9.64 Å². The molecule has 0 N–H and O–H groups in total. The highest BCUT2D eigenvalue weighted by molar-refractivity contribution is 7.15. The molecule has 3 heterocycles. The lowest BCUT2D eigenvalue weighted by molar-refractivity contribution is -0.141. The van der Waals surface area contributed by atoms with E-state index in [0.717, 1.165) is 47.8 Å². The average molecular weight is 430 g/mol. The van der Waals surface area contributed by atoms with Gasteiger partial charge >= 0.3 is 0 Å². The third-order valence-corrected chi connectivity index (χ3v) is 6.33. The van der Waals surface area contributed by atoms with Crippen LogP contribution in [0.4, 0.5) is 4.39 Å². The number of ether oxygens (including phenoxy) is 1. The molecule has 1 amide bonds. The molecule has 5 nitrogen and oxygen atoms in total. The highest BCUT2D eigenvalue weighted by Crippen LogP contribution is 2.25. The fraction of sp³-hybridized carbons (Fsp3) is 0.478. The van der Waals surface area contributed by atoms with Gasteiger partial charge in [-0.3, -0.25) is 9.20 Å². The van der Waals surface area contributed by atoms with Crippen LogP contribution in [0.1, 0.15) is 39.3 Å². The molecule has 0 aliphatic carbocycles. The molecule has 0 bridgehead atoms. The topological polar surface area (TPSA) is 46.8 Å². The van der Waals surface area contributed by atoms with Gasteiger partial charge in [-0.05, 0) is 37.1 Å². The monoisotopic (exact) mass is 429 g/mol. The van der Waals surface area contributed by atoms with Gasteiger partial charge in [-0.2, -0.15) is 0 Å². The van der Waals surface area contributed by atoms with Gasteiger partial charge in [0, 0.05) is 54.4 Å². The van der Waals surface area contributed by atoms with Crippen molar-refractivity contribution in [3.8, 4) is 11.3 Å². The Balaban J connectivity index is 1.51. The third kappa shape index (κ3) is 4.57. The third-order valence-electron chi connectivity index (χ3n) is 5.44. The van der Waals surface area contributed by atoms with Crippen LogP contribution in [0.25, 0.3) is 16.2 Å². The average Bonchev–Trinajstić information content (AvgIpc) is 3.42. The first-order chi connectivity index (χ1) is 14.3. The highest BCUT2D eigenvalue weighted by atomic mass is 32.1. The molecule has 1 aromatic carbocycles. The number of rotatable bonds is 6. The molecule has 30 heavy (non-hydrogen) atoms. The second-order valence-corrected chi connectivity index (χ2v) is 9.74. The van der Waals surface area contributed by atoms with Crippen molar-refractivity contribution < 1.29 is 13.9 Å². The van der Waals surface area contributed by atoms with Gasteiger partial charge in [0.1, 0.15) is 5.82 Å². The van der Waals surface area contributed by atoms with Crippen molar-refractivity contribution in [2.75, 3.05) is 19.7 Å². The maximum atomic E-state index is 13.2. The van der Waals surface area contributed by atoms with Gasteiger partial charge in [0.25, 0.3) is 0 Å². The van der Waals surface area contributed by atoms with E-state index in [1.807, 2.05) is 31.9 Å². The molecule has 4 rings (SSSR count). The van der Waals surface area contributed by atoms with E-state index in [2.05, 4.69) is 14.8 Å². The SMILES string of the molecule is CC(C)(C)C(=O)N(CCc1csc2nc(-c3ccc(F)cc3)cn12)CC1CCCO1. The van der Waals surface area contributed by atoms with Crippen LogP contribution in [0.5, 0.6) is 0 Å². The molecule has 0 saturated carbocycles. The summed E-state index contributed by atoms with van der Waals surface area (Å²) in [5.41, 5.74) is 2.41. The quantitative estimate of drug-likeness (QED) is 0.566. The molecule has 7 heteroatoms. The van der Waals surface area contributed by atoms with Crippen molar-refractivity contribution in [1.82, 2.24) is 14.3 Å². The molecule has 3 aromatic rings. The van der Waals surface area contributed by atoms with Crippen molar-refractivity contribution in [3.63, 3.8) is 0 Å². The van der Waals surface area contributed by atoms with E-state index in [1.165, 1.54) is 12.1 Å². The van der Waals surface area contributed by atoms with E-state index in [4.69, 9.17) is 4.74 Å². The summed E-state index contributed by atoms with van der Waals surface area (Å²) in [4.78, 5) is 20.5. The van der Waals surface area contributed by atoms with E-state index < -0.39 is 5.41 Å². The number of halogens is 1. The van der Waals surface area contributed by atoms with Gasteiger partial charge in [0.05, 0.1) is 11.8 Å². The number of amides is 1. The first kappa shape index (κ1) is 21.0. The summed E-state index contributed by atoms with van der Waals surface area (Å²) < 4.78 is 21.1. The van der Waals surface area contributed by atoms with Gasteiger partial charge in [-0.25, -0.2) is 9.37 Å². The van der Waals surface area contributed by atoms with Crippen LogP contribution < -0.4 is 0 Å². The van der Waals surface area contributed by atoms with Crippen molar-refractivity contribution in [2.24, 2.45) is 5.41 Å². The molecular weight excluding hydrogens is 401 g/mol. The van der Waals surface area contributed by atoms with E-state index in [9.17, 15) is 9.18 Å². The van der Waals surface area contributed by atoms with Gasteiger partial charge in [-0.15, -0.1) is 11.3 Å². The zero-order chi connectivity index (χ0) is 21.3. The lowest BCUT2D eigenvalue weighted by Gasteiger charge is -2.31. The number of benzene rings is 1. The van der Waals surface area contributed by atoms with Crippen LogP contribution in [0, 0.1) is 11.2 Å². The van der Waals surface area contributed by atoms with Gasteiger partial charge in [0.15, 0.2) is 4.96 Å². The predicted octanol–water partition coefficient (Wildman–Crippen LogP) is 4.80. The summed E-state index contributed by atoms with van der Waals surface area (Å²) in [5.74, 6) is -0.0996. The summed E-state index contributed by atoms with van der Waals surface area (Å²) in [5, 5.41) is 2.10. The van der Waals surface area contributed by atoms with E-state index in [-0.39, 0.29) is 17.8 Å². The molecule has 1 fully saturated rings. The largest absolute Gasteiger partial charge is 0.376 e. The Morgan fingerprint density at radius 2 is 2.10 bits per heavy atom. The Labute approximate surface area is 180 Å². The normalized spacial score (nSPS) is 17.0. The standard InChI is InChI=1S/C23H28FN3O2S/c1-23(2,3)21(28)26(13-19-5-4-12-29-19)11-10-18-15-30-22-25-20(14-27(18)22)16-6-8-17(24)9-7-16/h6-9,14-15,19H,4-5,10-13H2,1-3H3. The highest BCUT2D eigenvalue weighted by Gasteiger charge is 2.30. The smallest absolute Gasteiger partial charge is 0.228 e. The summed E-state index contributed by atoms with van der Waals surface area (Å²) in [6.45, 7) is 7.97. The number of hydrogen-bond donors (Lipinski definition) is 0. The number of fused-ring (bicyclic) bond motifs is 1. The Kier molecular flexibility index (Phi) is 5.93. The Bertz CT molecular complexity index is 1010. The van der Waals surface area contributed by atoms with Crippen LogP contribution >= 0.6 is 11.3 Å². The Morgan fingerprint density at radius 1 is 1.33 bits per heavy atom. The van der Waals surface area contributed by atoms with Crippen LogP contribution in [-0.4, -0.2) is 46.0 Å². The lowest BCUT2D eigenvalue weighted by Crippen LogP contribution is -2.44. The first-order valence-corrected chi connectivity index (χ1v) is 11.3. The minimum atomic E-state index is -0.423.